The molecule has 4 nitrogen and oxygen atoms in total. The molecule has 6 heteroatoms. The molecular formula is C13H18BrNO3S. The van der Waals surface area contributed by atoms with Gasteiger partial charge in [-0.25, -0.2) is 13.1 Å². The van der Waals surface area contributed by atoms with Gasteiger partial charge in [-0.2, -0.15) is 0 Å². The summed E-state index contributed by atoms with van der Waals surface area (Å²) in [5.41, 5.74) is 0. The Morgan fingerprint density at radius 1 is 1.47 bits per heavy atom. The molecule has 1 aliphatic rings. The van der Waals surface area contributed by atoms with Crippen LogP contribution in [0.2, 0.25) is 0 Å². The third kappa shape index (κ3) is 3.49. The molecule has 1 N–H and O–H groups in total. The molecule has 0 heterocycles. The van der Waals surface area contributed by atoms with Crippen LogP contribution < -0.4 is 9.46 Å². The van der Waals surface area contributed by atoms with Gasteiger partial charge in [0.2, 0.25) is 10.0 Å². The number of hydrogen-bond acceptors (Lipinski definition) is 3. The van der Waals surface area contributed by atoms with E-state index in [-0.39, 0.29) is 10.9 Å². The van der Waals surface area contributed by atoms with Crippen molar-refractivity contribution in [3.05, 3.63) is 22.7 Å². The minimum Gasteiger partial charge on any atom is -0.496 e. The van der Waals surface area contributed by atoms with Gasteiger partial charge in [-0.15, -0.1) is 0 Å². The SMILES string of the molecule is CCCC1CC1NS(=O)(=O)c1ccc(OC)c(Br)c1. The van der Waals surface area contributed by atoms with E-state index in [1.807, 2.05) is 0 Å². The van der Waals surface area contributed by atoms with E-state index in [1.54, 1.807) is 25.3 Å². The lowest BCUT2D eigenvalue weighted by Crippen LogP contribution is -2.27. The van der Waals surface area contributed by atoms with Crippen LogP contribution in [0, 0.1) is 5.92 Å². The van der Waals surface area contributed by atoms with Gasteiger partial charge in [0.25, 0.3) is 0 Å². The number of halogens is 1. The smallest absolute Gasteiger partial charge is 0.240 e. The van der Waals surface area contributed by atoms with Crippen LogP contribution in [0.4, 0.5) is 0 Å². The summed E-state index contributed by atoms with van der Waals surface area (Å²) >= 11 is 3.30. The van der Waals surface area contributed by atoms with Crippen molar-refractivity contribution in [3.8, 4) is 5.75 Å². The fourth-order valence-electron chi connectivity index (χ4n) is 2.16. The Labute approximate surface area is 122 Å². The second kappa shape index (κ2) is 5.81. The van der Waals surface area contributed by atoms with Crippen molar-refractivity contribution in [2.75, 3.05) is 7.11 Å². The molecule has 2 rings (SSSR count). The number of sulfonamides is 1. The molecular weight excluding hydrogens is 330 g/mol. The Balaban J connectivity index is 2.10. The van der Waals surface area contributed by atoms with Gasteiger partial charge >= 0.3 is 0 Å². The molecule has 0 aliphatic heterocycles. The van der Waals surface area contributed by atoms with Gasteiger partial charge in [-0.1, -0.05) is 13.3 Å². The van der Waals surface area contributed by atoms with Crippen LogP contribution in [0.15, 0.2) is 27.6 Å². The fraction of sp³-hybridized carbons (Fsp3) is 0.538. The number of nitrogens with one attached hydrogen (secondary N) is 1. The van der Waals surface area contributed by atoms with Crippen LogP contribution >= 0.6 is 15.9 Å². The maximum atomic E-state index is 12.2. The lowest BCUT2D eigenvalue weighted by Gasteiger charge is -2.09. The van der Waals surface area contributed by atoms with E-state index < -0.39 is 10.0 Å². The normalized spacial score (nSPS) is 22.3. The zero-order valence-corrected chi connectivity index (χ0v) is 13.4. The molecule has 1 saturated carbocycles. The Kier molecular flexibility index (Phi) is 4.53. The van der Waals surface area contributed by atoms with Crippen molar-refractivity contribution >= 4 is 26.0 Å². The van der Waals surface area contributed by atoms with Crippen molar-refractivity contribution in [3.63, 3.8) is 0 Å². The van der Waals surface area contributed by atoms with Gasteiger partial charge in [0.05, 0.1) is 16.5 Å². The second-order valence-electron chi connectivity index (χ2n) is 4.81. The van der Waals surface area contributed by atoms with Crippen molar-refractivity contribution in [2.45, 2.75) is 37.1 Å². The van der Waals surface area contributed by atoms with Crippen LogP contribution in [0.5, 0.6) is 5.75 Å². The highest BCUT2D eigenvalue weighted by atomic mass is 79.9. The van der Waals surface area contributed by atoms with Gasteiger partial charge in [-0.05, 0) is 52.9 Å². The molecule has 0 saturated heterocycles. The zero-order valence-electron chi connectivity index (χ0n) is 11.0. The Bertz CT molecular complexity index is 559. The van der Waals surface area contributed by atoms with E-state index in [1.165, 1.54) is 0 Å². The average molecular weight is 348 g/mol. The summed E-state index contributed by atoms with van der Waals surface area (Å²) in [6, 6.07) is 4.88. The zero-order chi connectivity index (χ0) is 14.0. The highest BCUT2D eigenvalue weighted by Crippen LogP contribution is 2.36. The molecule has 0 amide bonds. The summed E-state index contributed by atoms with van der Waals surface area (Å²) in [6.45, 7) is 2.12. The summed E-state index contributed by atoms with van der Waals surface area (Å²) in [4.78, 5) is 0.266. The van der Waals surface area contributed by atoms with Crippen LogP contribution in [0.3, 0.4) is 0 Å². The van der Waals surface area contributed by atoms with E-state index in [2.05, 4.69) is 27.6 Å². The molecule has 0 aromatic heterocycles. The van der Waals surface area contributed by atoms with E-state index in [9.17, 15) is 8.42 Å². The van der Waals surface area contributed by atoms with Gasteiger partial charge < -0.3 is 4.74 Å². The second-order valence-corrected chi connectivity index (χ2v) is 7.38. The quantitative estimate of drug-likeness (QED) is 0.860. The van der Waals surface area contributed by atoms with Crippen LogP contribution in [-0.4, -0.2) is 21.6 Å². The molecule has 1 aromatic carbocycles. The number of methoxy groups -OCH3 is 1. The standard InChI is InChI=1S/C13H18BrNO3S/c1-3-4-9-7-12(9)15-19(16,17)10-5-6-13(18-2)11(14)8-10/h5-6,8-9,12,15H,3-4,7H2,1-2H3. The molecule has 1 aromatic rings. The maximum Gasteiger partial charge on any atom is 0.240 e. The molecule has 2 unspecified atom stereocenters. The molecule has 0 spiro atoms. The number of hydrogen-bond donors (Lipinski definition) is 1. The predicted molar refractivity (Wildman–Crippen MR) is 77.8 cm³/mol. The minimum atomic E-state index is -3.43. The fourth-order valence-corrected chi connectivity index (χ4v) is 4.20. The molecule has 0 bridgehead atoms. The summed E-state index contributed by atoms with van der Waals surface area (Å²) in [6.07, 6.45) is 3.13. The van der Waals surface area contributed by atoms with Gasteiger partial charge in [0.15, 0.2) is 0 Å². The first kappa shape index (κ1) is 14.8. The molecule has 1 aliphatic carbocycles. The van der Waals surface area contributed by atoms with Crippen molar-refractivity contribution in [1.82, 2.24) is 4.72 Å². The Hall–Kier alpha value is -0.590. The van der Waals surface area contributed by atoms with Gasteiger partial charge in [-0.3, -0.25) is 0 Å². The van der Waals surface area contributed by atoms with Crippen molar-refractivity contribution < 1.29 is 13.2 Å². The topological polar surface area (TPSA) is 55.4 Å². The molecule has 106 valence electrons. The van der Waals surface area contributed by atoms with E-state index in [4.69, 9.17) is 4.74 Å². The van der Waals surface area contributed by atoms with Crippen molar-refractivity contribution in [1.29, 1.82) is 0 Å². The van der Waals surface area contributed by atoms with Gasteiger partial charge in [0, 0.05) is 6.04 Å². The van der Waals surface area contributed by atoms with Crippen LogP contribution in [0.1, 0.15) is 26.2 Å². The van der Waals surface area contributed by atoms with E-state index >= 15 is 0 Å². The van der Waals surface area contributed by atoms with Crippen LogP contribution in [0.25, 0.3) is 0 Å². The summed E-state index contributed by atoms with van der Waals surface area (Å²) < 4.78 is 32.9. The lowest BCUT2D eigenvalue weighted by atomic mass is 10.2. The highest BCUT2D eigenvalue weighted by Gasteiger charge is 2.39. The number of ether oxygens (including phenoxy) is 1. The highest BCUT2D eigenvalue weighted by molar-refractivity contribution is 9.10. The van der Waals surface area contributed by atoms with Crippen LogP contribution in [-0.2, 0) is 10.0 Å². The van der Waals surface area contributed by atoms with Crippen molar-refractivity contribution in [2.24, 2.45) is 5.92 Å². The minimum absolute atomic E-state index is 0.103. The first-order valence-electron chi connectivity index (χ1n) is 6.33. The lowest BCUT2D eigenvalue weighted by molar-refractivity contribution is 0.411. The summed E-state index contributed by atoms with van der Waals surface area (Å²) in [7, 11) is -1.88. The van der Waals surface area contributed by atoms with E-state index in [0.717, 1.165) is 19.3 Å². The first-order valence-corrected chi connectivity index (χ1v) is 8.61. The Morgan fingerprint density at radius 3 is 2.79 bits per heavy atom. The number of rotatable bonds is 6. The molecule has 0 radical (unpaired) electrons. The largest absolute Gasteiger partial charge is 0.496 e. The maximum absolute atomic E-state index is 12.2. The monoisotopic (exact) mass is 347 g/mol. The first-order chi connectivity index (χ1) is 8.97. The molecule has 19 heavy (non-hydrogen) atoms. The van der Waals surface area contributed by atoms with Gasteiger partial charge in [0.1, 0.15) is 5.75 Å². The Morgan fingerprint density at radius 2 is 2.21 bits per heavy atom. The summed E-state index contributed by atoms with van der Waals surface area (Å²) in [5.74, 6) is 1.12. The number of benzene rings is 1. The third-order valence-corrected chi connectivity index (χ3v) is 5.43. The summed E-state index contributed by atoms with van der Waals surface area (Å²) in [5, 5.41) is 0. The molecule has 1 fully saturated rings. The van der Waals surface area contributed by atoms with E-state index in [0.29, 0.717) is 16.1 Å². The third-order valence-electron chi connectivity index (χ3n) is 3.32. The molecule has 2 atom stereocenters. The average Bonchev–Trinajstić information content (AvgIpc) is 3.06. The predicted octanol–water partition coefficient (Wildman–Crippen LogP) is 2.92.